The van der Waals surface area contributed by atoms with Gasteiger partial charge in [-0.15, -0.1) is 0 Å². The van der Waals surface area contributed by atoms with Crippen molar-refractivity contribution < 1.29 is 9.59 Å². The summed E-state index contributed by atoms with van der Waals surface area (Å²) in [5.74, 6) is -0.119. The molecule has 0 aliphatic carbocycles. The van der Waals surface area contributed by atoms with Gasteiger partial charge in [-0.05, 0) is 19.3 Å². The number of aliphatic imine (C=N–C) groups is 1. The first-order valence-corrected chi connectivity index (χ1v) is 6.77. The third-order valence-corrected chi connectivity index (χ3v) is 3.28. The molecule has 0 aromatic carbocycles. The quantitative estimate of drug-likeness (QED) is 0.256. The molecule has 1 fully saturated rings. The normalized spacial score (nSPS) is 19.5. The van der Waals surface area contributed by atoms with E-state index in [1.807, 2.05) is 0 Å². The predicted molar refractivity (Wildman–Crippen MR) is 76.7 cm³/mol. The van der Waals surface area contributed by atoms with Gasteiger partial charge in [-0.1, -0.05) is 0 Å². The summed E-state index contributed by atoms with van der Waals surface area (Å²) in [7, 11) is 0. The van der Waals surface area contributed by atoms with Crippen LogP contribution in [0, 0.1) is 0 Å². The molecule has 0 unspecified atom stereocenters. The number of likely N-dealkylation sites (tertiary alicyclic amines) is 1. The molecule has 1 rings (SSSR count). The van der Waals surface area contributed by atoms with Gasteiger partial charge in [0.2, 0.25) is 11.8 Å². The van der Waals surface area contributed by atoms with Crippen LogP contribution in [-0.2, 0) is 9.59 Å². The first-order chi connectivity index (χ1) is 9.40. The molecule has 1 aliphatic heterocycles. The molecule has 0 saturated carbocycles. The molecule has 0 radical (unpaired) electrons. The van der Waals surface area contributed by atoms with E-state index >= 15 is 0 Å². The lowest BCUT2D eigenvalue weighted by molar-refractivity contribution is -0.128. The van der Waals surface area contributed by atoms with Gasteiger partial charge in [0, 0.05) is 32.6 Å². The zero-order valence-corrected chi connectivity index (χ0v) is 11.8. The first kappa shape index (κ1) is 16.2. The minimum atomic E-state index is -0.574. The lowest BCUT2D eigenvalue weighted by Gasteiger charge is -2.17. The van der Waals surface area contributed by atoms with Crippen LogP contribution in [0.2, 0.25) is 0 Å². The molecule has 0 aromatic rings. The Hall–Kier alpha value is -1.83. The van der Waals surface area contributed by atoms with Crippen LogP contribution in [0.4, 0.5) is 0 Å². The highest BCUT2D eigenvalue weighted by molar-refractivity contribution is 5.82. The van der Waals surface area contributed by atoms with Crippen molar-refractivity contribution in [2.45, 2.75) is 38.3 Å². The Balaban J connectivity index is 2.25. The number of carbonyl (C=O) groups is 2. The minimum absolute atomic E-state index is 0.00448. The average Bonchev–Trinajstić information content (AvgIpc) is 2.82. The van der Waals surface area contributed by atoms with Crippen molar-refractivity contribution in [3.63, 3.8) is 0 Å². The summed E-state index contributed by atoms with van der Waals surface area (Å²) in [4.78, 5) is 28.6. The zero-order valence-electron chi connectivity index (χ0n) is 11.8. The van der Waals surface area contributed by atoms with Crippen molar-refractivity contribution in [1.82, 2.24) is 10.2 Å². The molecule has 8 nitrogen and oxygen atoms in total. The van der Waals surface area contributed by atoms with Crippen LogP contribution in [0.15, 0.2) is 4.99 Å². The monoisotopic (exact) mass is 284 g/mol. The maximum absolute atomic E-state index is 11.9. The van der Waals surface area contributed by atoms with Crippen LogP contribution in [-0.4, -0.2) is 54.4 Å². The van der Waals surface area contributed by atoms with Crippen LogP contribution in [0.1, 0.15) is 26.2 Å². The van der Waals surface area contributed by atoms with Gasteiger partial charge in [-0.3, -0.25) is 14.6 Å². The van der Waals surface area contributed by atoms with Crippen LogP contribution in [0.5, 0.6) is 0 Å². The summed E-state index contributed by atoms with van der Waals surface area (Å²) in [5, 5.41) is 2.87. The maximum atomic E-state index is 11.9. The van der Waals surface area contributed by atoms with Gasteiger partial charge < -0.3 is 27.4 Å². The fourth-order valence-corrected chi connectivity index (χ4v) is 2.12. The van der Waals surface area contributed by atoms with E-state index < -0.39 is 6.04 Å². The highest BCUT2D eigenvalue weighted by atomic mass is 16.2. The Morgan fingerprint density at radius 1 is 1.45 bits per heavy atom. The second-order valence-electron chi connectivity index (χ2n) is 5.01. The molecule has 20 heavy (non-hydrogen) atoms. The second kappa shape index (κ2) is 7.68. The minimum Gasteiger partial charge on any atom is -0.370 e. The van der Waals surface area contributed by atoms with Crippen molar-refractivity contribution in [3.05, 3.63) is 0 Å². The molecule has 0 aromatic heterocycles. The molecule has 1 aliphatic rings. The smallest absolute Gasteiger partial charge is 0.237 e. The Labute approximate surface area is 118 Å². The van der Waals surface area contributed by atoms with Crippen molar-refractivity contribution >= 4 is 17.8 Å². The summed E-state index contributed by atoms with van der Waals surface area (Å²) in [6.07, 6.45) is 1.94. The molecular weight excluding hydrogens is 260 g/mol. The van der Waals surface area contributed by atoms with E-state index in [0.717, 1.165) is 6.42 Å². The van der Waals surface area contributed by atoms with E-state index in [1.165, 1.54) is 6.92 Å². The fourth-order valence-electron chi connectivity index (χ4n) is 2.12. The van der Waals surface area contributed by atoms with Gasteiger partial charge in [0.25, 0.3) is 0 Å². The van der Waals surface area contributed by atoms with Gasteiger partial charge in [0.05, 0.1) is 6.04 Å². The van der Waals surface area contributed by atoms with Gasteiger partial charge in [0.15, 0.2) is 5.96 Å². The Kier molecular flexibility index (Phi) is 6.23. The van der Waals surface area contributed by atoms with E-state index in [4.69, 9.17) is 17.2 Å². The number of carbonyl (C=O) groups excluding carboxylic acids is 2. The molecule has 8 heteroatoms. The SMILES string of the molecule is CC(=O)N1CC[C@@H](NC(=O)[C@@H](N)CCCN=C(N)N)C1. The summed E-state index contributed by atoms with van der Waals surface area (Å²) < 4.78 is 0. The van der Waals surface area contributed by atoms with Crippen molar-refractivity contribution in [2.24, 2.45) is 22.2 Å². The van der Waals surface area contributed by atoms with E-state index in [-0.39, 0.29) is 23.8 Å². The molecule has 1 heterocycles. The Morgan fingerprint density at radius 3 is 2.70 bits per heavy atom. The maximum Gasteiger partial charge on any atom is 0.237 e. The Morgan fingerprint density at radius 2 is 2.15 bits per heavy atom. The number of hydrogen-bond donors (Lipinski definition) is 4. The summed E-state index contributed by atoms with van der Waals surface area (Å²) in [6.45, 7) is 3.23. The third-order valence-electron chi connectivity index (χ3n) is 3.28. The van der Waals surface area contributed by atoms with E-state index in [0.29, 0.717) is 32.5 Å². The number of guanidine groups is 1. The summed E-state index contributed by atoms with van der Waals surface area (Å²) >= 11 is 0. The number of hydrogen-bond acceptors (Lipinski definition) is 4. The third kappa shape index (κ3) is 5.43. The molecule has 0 spiro atoms. The fraction of sp³-hybridized carbons (Fsp3) is 0.750. The highest BCUT2D eigenvalue weighted by Gasteiger charge is 2.26. The second-order valence-corrected chi connectivity index (χ2v) is 5.01. The van der Waals surface area contributed by atoms with Crippen LogP contribution in [0.25, 0.3) is 0 Å². The average molecular weight is 284 g/mol. The van der Waals surface area contributed by atoms with Gasteiger partial charge >= 0.3 is 0 Å². The molecule has 1 saturated heterocycles. The highest BCUT2D eigenvalue weighted by Crippen LogP contribution is 2.09. The lowest BCUT2D eigenvalue weighted by Crippen LogP contribution is -2.46. The lowest BCUT2D eigenvalue weighted by atomic mass is 10.1. The van der Waals surface area contributed by atoms with Gasteiger partial charge in [-0.25, -0.2) is 0 Å². The van der Waals surface area contributed by atoms with Gasteiger partial charge in [-0.2, -0.15) is 0 Å². The van der Waals surface area contributed by atoms with Crippen molar-refractivity contribution in [2.75, 3.05) is 19.6 Å². The predicted octanol–water partition coefficient (Wildman–Crippen LogP) is -1.90. The molecule has 114 valence electrons. The van der Waals surface area contributed by atoms with E-state index in [9.17, 15) is 9.59 Å². The zero-order chi connectivity index (χ0) is 15.1. The number of nitrogens with two attached hydrogens (primary N) is 3. The largest absolute Gasteiger partial charge is 0.370 e. The van der Waals surface area contributed by atoms with Crippen LogP contribution < -0.4 is 22.5 Å². The van der Waals surface area contributed by atoms with Crippen molar-refractivity contribution in [1.29, 1.82) is 0 Å². The molecule has 2 atom stereocenters. The topological polar surface area (TPSA) is 140 Å². The Bertz CT molecular complexity index is 380. The molecule has 7 N–H and O–H groups in total. The van der Waals surface area contributed by atoms with E-state index in [2.05, 4.69) is 10.3 Å². The molecular formula is C12H24N6O2. The summed E-state index contributed by atoms with van der Waals surface area (Å²) in [6, 6.07) is -0.578. The first-order valence-electron chi connectivity index (χ1n) is 6.77. The van der Waals surface area contributed by atoms with E-state index in [1.54, 1.807) is 4.90 Å². The standard InChI is InChI=1S/C12H24N6O2/c1-8(19)18-6-4-9(7-18)17-11(20)10(13)3-2-5-16-12(14)15/h9-10H,2-7,13H2,1H3,(H,17,20)(H4,14,15,16)/t9-,10+/m1/s1. The molecule has 2 amide bonds. The molecule has 0 bridgehead atoms. The van der Waals surface area contributed by atoms with Crippen molar-refractivity contribution in [3.8, 4) is 0 Å². The van der Waals surface area contributed by atoms with Gasteiger partial charge in [0.1, 0.15) is 0 Å². The summed E-state index contributed by atoms with van der Waals surface area (Å²) in [5.41, 5.74) is 16.2. The van der Waals surface area contributed by atoms with Crippen LogP contribution in [0.3, 0.4) is 0 Å². The number of rotatable bonds is 6. The van der Waals surface area contributed by atoms with Crippen LogP contribution >= 0.6 is 0 Å². The number of amides is 2. The number of nitrogens with one attached hydrogen (secondary N) is 1. The number of nitrogens with zero attached hydrogens (tertiary/aromatic N) is 2.